The Morgan fingerprint density at radius 3 is 2.52 bits per heavy atom. The van der Waals surface area contributed by atoms with Gasteiger partial charge in [0.2, 0.25) is 0 Å². The Balaban J connectivity index is 2.04. The van der Waals surface area contributed by atoms with Gasteiger partial charge in [0.25, 0.3) is 0 Å². The molecule has 0 amide bonds. The summed E-state index contributed by atoms with van der Waals surface area (Å²) in [6, 6.07) is 10.9. The molecular formula is C16H16F2N2S. The van der Waals surface area contributed by atoms with Crippen LogP contribution in [0.15, 0.2) is 42.5 Å². The predicted octanol–water partition coefficient (Wildman–Crippen LogP) is 4.32. The summed E-state index contributed by atoms with van der Waals surface area (Å²) in [6.45, 7) is 3.73. The fourth-order valence-electron chi connectivity index (χ4n) is 2.00. The van der Waals surface area contributed by atoms with Crippen LogP contribution in [0.2, 0.25) is 0 Å². The second-order valence-electron chi connectivity index (χ2n) is 4.80. The van der Waals surface area contributed by atoms with Crippen molar-refractivity contribution >= 4 is 23.0 Å². The van der Waals surface area contributed by atoms with E-state index in [9.17, 15) is 8.78 Å². The van der Waals surface area contributed by atoms with E-state index in [0.29, 0.717) is 10.7 Å². The lowest BCUT2D eigenvalue weighted by atomic mass is 10.1. The zero-order valence-corrected chi connectivity index (χ0v) is 12.6. The highest BCUT2D eigenvalue weighted by Gasteiger charge is 2.13. The molecule has 21 heavy (non-hydrogen) atoms. The monoisotopic (exact) mass is 306 g/mol. The average molecular weight is 306 g/mol. The van der Waals surface area contributed by atoms with E-state index < -0.39 is 11.6 Å². The number of anilines is 1. The maximum absolute atomic E-state index is 13.7. The van der Waals surface area contributed by atoms with Gasteiger partial charge in [0.15, 0.2) is 5.11 Å². The fraction of sp³-hybridized carbons (Fsp3) is 0.188. The third-order valence-corrected chi connectivity index (χ3v) is 3.39. The van der Waals surface area contributed by atoms with Gasteiger partial charge in [-0.2, -0.15) is 0 Å². The first-order valence-corrected chi connectivity index (χ1v) is 6.96. The van der Waals surface area contributed by atoms with Crippen molar-refractivity contribution in [3.05, 3.63) is 65.2 Å². The lowest BCUT2D eigenvalue weighted by Crippen LogP contribution is -2.31. The highest BCUT2D eigenvalue weighted by molar-refractivity contribution is 7.80. The van der Waals surface area contributed by atoms with Gasteiger partial charge in [-0.3, -0.25) is 0 Å². The van der Waals surface area contributed by atoms with E-state index in [1.165, 1.54) is 12.1 Å². The molecule has 0 bridgehead atoms. The number of benzene rings is 2. The molecule has 0 aliphatic heterocycles. The zero-order valence-electron chi connectivity index (χ0n) is 11.8. The molecule has 2 aromatic carbocycles. The van der Waals surface area contributed by atoms with Crippen LogP contribution in [0, 0.1) is 18.6 Å². The van der Waals surface area contributed by atoms with E-state index in [-0.39, 0.29) is 6.04 Å². The van der Waals surface area contributed by atoms with Crippen molar-refractivity contribution in [2.75, 3.05) is 5.32 Å². The summed E-state index contributed by atoms with van der Waals surface area (Å²) < 4.78 is 26.6. The number of rotatable bonds is 3. The van der Waals surface area contributed by atoms with Crippen molar-refractivity contribution in [2.24, 2.45) is 0 Å². The van der Waals surface area contributed by atoms with Crippen LogP contribution in [0.1, 0.15) is 24.1 Å². The number of nitrogens with one attached hydrogen (secondary N) is 2. The molecule has 0 fully saturated rings. The minimum absolute atomic E-state index is 0.366. The normalized spacial score (nSPS) is 11.8. The van der Waals surface area contributed by atoms with E-state index in [1.54, 1.807) is 6.92 Å². The lowest BCUT2D eigenvalue weighted by Gasteiger charge is -2.18. The van der Waals surface area contributed by atoms with Gasteiger partial charge < -0.3 is 10.6 Å². The number of thiocarbonyl (C=S) groups is 1. The summed E-state index contributed by atoms with van der Waals surface area (Å²) in [6.07, 6.45) is 0. The Morgan fingerprint density at radius 1 is 1.14 bits per heavy atom. The standard InChI is InChI=1S/C16H16F2N2S/c1-10-5-3-4-6-15(10)20-16(21)19-11(2)13-8-7-12(17)9-14(13)18/h3-9,11H,1-2H3,(H2,19,20,21)/t11-/m1/s1. The van der Waals surface area contributed by atoms with Crippen molar-refractivity contribution in [1.29, 1.82) is 0 Å². The Hall–Kier alpha value is -2.01. The molecule has 0 unspecified atom stereocenters. The Labute approximate surface area is 128 Å². The van der Waals surface area contributed by atoms with Crippen molar-refractivity contribution in [2.45, 2.75) is 19.9 Å². The summed E-state index contributed by atoms with van der Waals surface area (Å²) in [5.74, 6) is -1.18. The van der Waals surface area contributed by atoms with Crippen LogP contribution in [-0.4, -0.2) is 5.11 Å². The Morgan fingerprint density at radius 2 is 1.86 bits per heavy atom. The van der Waals surface area contributed by atoms with Gasteiger partial charge in [-0.15, -0.1) is 0 Å². The molecule has 0 aromatic heterocycles. The number of hydrogen-bond acceptors (Lipinski definition) is 1. The number of aryl methyl sites for hydroxylation is 1. The number of halogens is 2. The summed E-state index contributed by atoms with van der Waals surface area (Å²) >= 11 is 5.22. The van der Waals surface area contributed by atoms with Gasteiger partial charge in [-0.05, 0) is 43.8 Å². The van der Waals surface area contributed by atoms with Crippen LogP contribution in [0.25, 0.3) is 0 Å². The summed E-state index contributed by atoms with van der Waals surface area (Å²) in [4.78, 5) is 0. The minimum atomic E-state index is -0.593. The molecule has 0 saturated carbocycles. The molecule has 0 saturated heterocycles. The van der Waals surface area contributed by atoms with E-state index in [2.05, 4.69) is 10.6 Å². The molecule has 0 aliphatic rings. The predicted molar refractivity (Wildman–Crippen MR) is 85.3 cm³/mol. The van der Waals surface area contributed by atoms with Crippen LogP contribution in [-0.2, 0) is 0 Å². The smallest absolute Gasteiger partial charge is 0.171 e. The highest BCUT2D eigenvalue weighted by atomic mass is 32.1. The minimum Gasteiger partial charge on any atom is -0.356 e. The lowest BCUT2D eigenvalue weighted by molar-refractivity contribution is 0.554. The van der Waals surface area contributed by atoms with Crippen LogP contribution in [0.5, 0.6) is 0 Å². The van der Waals surface area contributed by atoms with E-state index in [4.69, 9.17) is 12.2 Å². The average Bonchev–Trinajstić information content (AvgIpc) is 2.41. The van der Waals surface area contributed by atoms with E-state index in [1.807, 2.05) is 31.2 Å². The summed E-state index contributed by atoms with van der Waals surface area (Å²) in [5, 5.41) is 6.44. The van der Waals surface area contributed by atoms with E-state index in [0.717, 1.165) is 17.3 Å². The fourth-order valence-corrected chi connectivity index (χ4v) is 2.29. The first-order valence-electron chi connectivity index (χ1n) is 6.55. The number of hydrogen-bond donors (Lipinski definition) is 2. The van der Waals surface area contributed by atoms with Gasteiger partial charge in [-0.1, -0.05) is 24.3 Å². The summed E-state index contributed by atoms with van der Waals surface area (Å²) in [7, 11) is 0. The third kappa shape index (κ3) is 3.98. The molecule has 0 heterocycles. The largest absolute Gasteiger partial charge is 0.356 e. The zero-order chi connectivity index (χ0) is 15.4. The van der Waals surface area contributed by atoms with Crippen LogP contribution < -0.4 is 10.6 Å². The Bertz CT molecular complexity index is 658. The first kappa shape index (κ1) is 15.4. The molecule has 2 rings (SSSR count). The van der Waals surface area contributed by atoms with Gasteiger partial charge in [0.1, 0.15) is 11.6 Å². The molecule has 5 heteroatoms. The Kier molecular flexibility index (Phi) is 4.85. The van der Waals surface area contributed by atoms with Gasteiger partial charge in [0, 0.05) is 17.3 Å². The molecule has 0 aliphatic carbocycles. The van der Waals surface area contributed by atoms with Crippen molar-refractivity contribution in [3.8, 4) is 0 Å². The molecule has 1 atom stereocenters. The van der Waals surface area contributed by atoms with Crippen molar-refractivity contribution in [1.82, 2.24) is 5.32 Å². The van der Waals surface area contributed by atoms with E-state index >= 15 is 0 Å². The second kappa shape index (κ2) is 6.63. The molecule has 110 valence electrons. The molecule has 0 spiro atoms. The quantitative estimate of drug-likeness (QED) is 0.826. The summed E-state index contributed by atoms with van der Waals surface area (Å²) in [5.41, 5.74) is 2.31. The third-order valence-electron chi connectivity index (χ3n) is 3.17. The van der Waals surface area contributed by atoms with Gasteiger partial charge in [-0.25, -0.2) is 8.78 Å². The second-order valence-corrected chi connectivity index (χ2v) is 5.21. The van der Waals surface area contributed by atoms with Crippen molar-refractivity contribution < 1.29 is 8.78 Å². The SMILES string of the molecule is Cc1ccccc1NC(=S)N[C@H](C)c1ccc(F)cc1F. The van der Waals surface area contributed by atoms with Gasteiger partial charge >= 0.3 is 0 Å². The molecule has 2 nitrogen and oxygen atoms in total. The number of para-hydroxylation sites is 1. The molecule has 2 aromatic rings. The van der Waals surface area contributed by atoms with Gasteiger partial charge in [0.05, 0.1) is 6.04 Å². The maximum atomic E-state index is 13.7. The van der Waals surface area contributed by atoms with Crippen LogP contribution in [0.3, 0.4) is 0 Å². The van der Waals surface area contributed by atoms with Crippen LogP contribution >= 0.6 is 12.2 Å². The molecule has 2 N–H and O–H groups in total. The molecule has 0 radical (unpaired) electrons. The topological polar surface area (TPSA) is 24.1 Å². The van der Waals surface area contributed by atoms with Crippen molar-refractivity contribution in [3.63, 3.8) is 0 Å². The highest BCUT2D eigenvalue weighted by Crippen LogP contribution is 2.18. The molecular weight excluding hydrogens is 290 g/mol. The van der Waals surface area contributed by atoms with Crippen LogP contribution in [0.4, 0.5) is 14.5 Å². The maximum Gasteiger partial charge on any atom is 0.171 e. The first-order chi connectivity index (χ1) is 9.97.